The molecule has 0 aliphatic carbocycles. The van der Waals surface area contributed by atoms with Crippen LogP contribution in [0, 0.1) is 5.82 Å². The van der Waals surface area contributed by atoms with Gasteiger partial charge in [0.1, 0.15) is 11.6 Å². The molecule has 0 aliphatic heterocycles. The fourth-order valence-electron chi connectivity index (χ4n) is 4.00. The van der Waals surface area contributed by atoms with Crippen molar-refractivity contribution in [2.45, 2.75) is 32.7 Å². The number of benzene rings is 3. The van der Waals surface area contributed by atoms with Gasteiger partial charge in [0.15, 0.2) is 0 Å². The van der Waals surface area contributed by atoms with E-state index in [4.69, 9.17) is 4.98 Å². The molecule has 0 saturated heterocycles. The van der Waals surface area contributed by atoms with E-state index in [2.05, 4.69) is 15.9 Å². The Kier molecular flexibility index (Phi) is 7.22. The molecule has 0 N–H and O–H groups in total. The number of halogens is 2. The minimum Gasteiger partial charge on any atom is -0.329 e. The highest BCUT2D eigenvalue weighted by Crippen LogP contribution is 2.26. The van der Waals surface area contributed by atoms with E-state index >= 15 is 0 Å². The van der Waals surface area contributed by atoms with Gasteiger partial charge in [-0.05, 0) is 61.9 Å². The molecule has 0 bridgehead atoms. The summed E-state index contributed by atoms with van der Waals surface area (Å²) in [7, 11) is 0. The Labute approximate surface area is 206 Å². The van der Waals surface area contributed by atoms with Crippen molar-refractivity contribution in [3.63, 3.8) is 0 Å². The maximum atomic E-state index is 14.5. The molecule has 3 aromatic carbocycles. The first-order chi connectivity index (χ1) is 16.4. The normalized spacial score (nSPS) is 12.0. The second kappa shape index (κ2) is 10.3. The Morgan fingerprint density at radius 2 is 1.74 bits per heavy atom. The van der Waals surface area contributed by atoms with Gasteiger partial charge in [-0.25, -0.2) is 9.37 Å². The van der Waals surface area contributed by atoms with Crippen LogP contribution in [0.1, 0.15) is 48.9 Å². The van der Waals surface area contributed by atoms with Gasteiger partial charge in [0, 0.05) is 11.0 Å². The van der Waals surface area contributed by atoms with E-state index in [0.29, 0.717) is 29.0 Å². The van der Waals surface area contributed by atoms with E-state index in [0.717, 1.165) is 17.3 Å². The molecule has 0 saturated carbocycles. The van der Waals surface area contributed by atoms with Crippen molar-refractivity contribution in [3.05, 3.63) is 105 Å². The number of fused-ring (bicyclic) bond motifs is 1. The van der Waals surface area contributed by atoms with Crippen molar-refractivity contribution >= 4 is 32.7 Å². The molecule has 7 heteroatoms. The summed E-state index contributed by atoms with van der Waals surface area (Å²) in [6.45, 7) is 4.27. The largest absolute Gasteiger partial charge is 0.329 e. The number of amides is 1. The lowest BCUT2D eigenvalue weighted by Gasteiger charge is -2.31. The van der Waals surface area contributed by atoms with Crippen molar-refractivity contribution < 1.29 is 9.18 Å². The predicted molar refractivity (Wildman–Crippen MR) is 136 cm³/mol. The van der Waals surface area contributed by atoms with E-state index in [1.807, 2.05) is 44.2 Å². The molecule has 174 valence electrons. The molecule has 34 heavy (non-hydrogen) atoms. The van der Waals surface area contributed by atoms with Crippen LogP contribution < -0.4 is 5.56 Å². The van der Waals surface area contributed by atoms with E-state index in [9.17, 15) is 14.0 Å². The van der Waals surface area contributed by atoms with Crippen molar-refractivity contribution in [3.8, 4) is 5.69 Å². The monoisotopic (exact) mass is 521 g/mol. The van der Waals surface area contributed by atoms with Gasteiger partial charge in [0.2, 0.25) is 0 Å². The van der Waals surface area contributed by atoms with Crippen molar-refractivity contribution in [2.75, 3.05) is 6.54 Å². The van der Waals surface area contributed by atoms with Gasteiger partial charge < -0.3 is 4.90 Å². The lowest BCUT2D eigenvalue weighted by molar-refractivity contribution is 0.0673. The van der Waals surface area contributed by atoms with Crippen LogP contribution in [0.15, 0.2) is 82.1 Å². The van der Waals surface area contributed by atoms with E-state index in [-0.39, 0.29) is 11.1 Å². The lowest BCUT2D eigenvalue weighted by Crippen LogP contribution is -2.38. The molecule has 1 heterocycles. The molecule has 4 rings (SSSR count). The molecular formula is C27H25BrFN3O2. The molecule has 5 nitrogen and oxygen atoms in total. The van der Waals surface area contributed by atoms with Crippen molar-refractivity contribution in [1.82, 2.24) is 14.5 Å². The summed E-state index contributed by atoms with van der Waals surface area (Å²) in [5, 5.41) is 0.488. The molecule has 1 unspecified atom stereocenters. The topological polar surface area (TPSA) is 55.2 Å². The minimum absolute atomic E-state index is 0.00350. The summed E-state index contributed by atoms with van der Waals surface area (Å²) < 4.78 is 17.0. The molecule has 0 aliphatic rings. The summed E-state index contributed by atoms with van der Waals surface area (Å²) in [5.41, 5.74) is 0.978. The molecule has 1 amide bonds. The Hall–Kier alpha value is -3.32. The summed E-state index contributed by atoms with van der Waals surface area (Å²) in [6, 6.07) is 19.9. The fraction of sp³-hybridized carbons (Fsp3) is 0.222. The van der Waals surface area contributed by atoms with Crippen LogP contribution in [0.4, 0.5) is 4.39 Å². The number of carbonyl (C=O) groups excluding carboxylic acids is 1. The zero-order valence-electron chi connectivity index (χ0n) is 19.0. The zero-order valence-corrected chi connectivity index (χ0v) is 20.6. The van der Waals surface area contributed by atoms with Crippen LogP contribution in [-0.2, 0) is 0 Å². The standard InChI is InChI=1S/C27H25BrFN3O2/c1-3-4-17-31(26(33)21-9-5-7-11-23(21)29)18(2)25-30-24-12-8-6-10-22(24)27(34)32(25)20-15-13-19(28)14-16-20/h5-16,18H,3-4,17H2,1-2H3. The van der Waals surface area contributed by atoms with Crippen LogP contribution in [0.25, 0.3) is 16.6 Å². The van der Waals surface area contributed by atoms with Crippen molar-refractivity contribution in [2.24, 2.45) is 0 Å². The number of nitrogens with zero attached hydrogens (tertiary/aromatic N) is 3. The Morgan fingerprint density at radius 3 is 2.44 bits per heavy atom. The molecule has 4 aromatic rings. The smallest absolute Gasteiger partial charge is 0.266 e. The molecule has 0 spiro atoms. The summed E-state index contributed by atoms with van der Waals surface area (Å²) >= 11 is 3.44. The van der Waals surface area contributed by atoms with Gasteiger partial charge in [-0.3, -0.25) is 14.2 Å². The van der Waals surface area contributed by atoms with E-state index < -0.39 is 17.8 Å². The predicted octanol–water partition coefficient (Wildman–Crippen LogP) is 6.29. The molecule has 0 fully saturated rings. The third kappa shape index (κ3) is 4.66. The number of aromatic nitrogens is 2. The van der Waals surface area contributed by atoms with Crippen LogP contribution in [0.3, 0.4) is 0 Å². The third-order valence-electron chi connectivity index (χ3n) is 5.85. The van der Waals surface area contributed by atoms with Crippen LogP contribution in [0.5, 0.6) is 0 Å². The van der Waals surface area contributed by atoms with Crippen LogP contribution in [-0.4, -0.2) is 26.9 Å². The number of rotatable bonds is 7. The first-order valence-electron chi connectivity index (χ1n) is 11.3. The number of unbranched alkanes of at least 4 members (excludes halogenated alkanes) is 1. The minimum atomic E-state index is -0.584. The summed E-state index contributed by atoms with van der Waals surface area (Å²) in [6.07, 6.45) is 1.60. The van der Waals surface area contributed by atoms with E-state index in [1.165, 1.54) is 12.1 Å². The first kappa shape index (κ1) is 23.8. The number of hydrogen-bond donors (Lipinski definition) is 0. The molecular weight excluding hydrogens is 497 g/mol. The average Bonchev–Trinajstić information content (AvgIpc) is 2.85. The SMILES string of the molecule is CCCCN(C(=O)c1ccccc1F)C(C)c1nc2ccccc2c(=O)n1-c1ccc(Br)cc1. The highest BCUT2D eigenvalue weighted by Gasteiger charge is 2.28. The van der Waals surface area contributed by atoms with Gasteiger partial charge in [-0.1, -0.05) is 53.5 Å². The van der Waals surface area contributed by atoms with Crippen LogP contribution in [0.2, 0.25) is 0 Å². The Bertz CT molecular complexity index is 1390. The highest BCUT2D eigenvalue weighted by molar-refractivity contribution is 9.10. The summed E-state index contributed by atoms with van der Waals surface area (Å²) in [4.78, 5) is 33.5. The molecule has 1 aromatic heterocycles. The fourth-order valence-corrected chi connectivity index (χ4v) is 4.26. The molecule has 0 radical (unpaired) electrons. The first-order valence-corrected chi connectivity index (χ1v) is 12.0. The van der Waals surface area contributed by atoms with Gasteiger partial charge >= 0.3 is 0 Å². The number of hydrogen-bond acceptors (Lipinski definition) is 3. The summed E-state index contributed by atoms with van der Waals surface area (Å²) in [5.74, 6) is -0.575. The molecule has 1 atom stereocenters. The third-order valence-corrected chi connectivity index (χ3v) is 6.37. The second-order valence-electron chi connectivity index (χ2n) is 8.11. The van der Waals surface area contributed by atoms with Gasteiger partial charge in [-0.15, -0.1) is 0 Å². The van der Waals surface area contributed by atoms with Crippen molar-refractivity contribution in [1.29, 1.82) is 0 Å². The number of carbonyl (C=O) groups is 1. The lowest BCUT2D eigenvalue weighted by atomic mass is 10.1. The average molecular weight is 522 g/mol. The van der Waals surface area contributed by atoms with E-state index in [1.54, 1.807) is 39.8 Å². The quantitative estimate of drug-likeness (QED) is 0.287. The Balaban J connectivity index is 1.91. The zero-order chi connectivity index (χ0) is 24.2. The van der Waals surface area contributed by atoms with Gasteiger partial charge in [-0.2, -0.15) is 0 Å². The highest BCUT2D eigenvalue weighted by atomic mass is 79.9. The van der Waals surface area contributed by atoms with Crippen LogP contribution >= 0.6 is 15.9 Å². The second-order valence-corrected chi connectivity index (χ2v) is 9.03. The maximum Gasteiger partial charge on any atom is 0.266 e. The van der Waals surface area contributed by atoms with Gasteiger partial charge in [0.25, 0.3) is 11.5 Å². The number of para-hydroxylation sites is 1. The van der Waals surface area contributed by atoms with Gasteiger partial charge in [0.05, 0.1) is 28.2 Å². The maximum absolute atomic E-state index is 14.5. The Morgan fingerprint density at radius 1 is 1.06 bits per heavy atom.